The lowest BCUT2D eigenvalue weighted by molar-refractivity contribution is 0.0972. The number of nitrogens with zero attached hydrogens (tertiary/aromatic N) is 6. The number of carbonyl (C=O) groups excluding carboxylic acids is 1. The minimum Gasteiger partial charge on any atom is -0.438 e. The normalized spacial score (nSPS) is 11.7. The number of H-pyrrole nitrogens is 1. The van der Waals surface area contributed by atoms with E-state index in [2.05, 4.69) is 25.3 Å². The van der Waals surface area contributed by atoms with Crippen LogP contribution >= 0.6 is 11.3 Å². The minimum absolute atomic E-state index is 0.0693. The summed E-state index contributed by atoms with van der Waals surface area (Å²) in [6.45, 7) is -0.0693. The Bertz CT molecular complexity index is 1490. The molecule has 13 heteroatoms. The highest BCUT2D eigenvalue weighted by Gasteiger charge is 2.21. The van der Waals surface area contributed by atoms with Crippen molar-refractivity contribution in [2.24, 2.45) is 12.8 Å². The molecule has 5 rings (SSSR count). The van der Waals surface area contributed by atoms with Crippen LogP contribution in [0.15, 0.2) is 28.0 Å². The molecule has 0 aromatic carbocycles. The van der Waals surface area contributed by atoms with Crippen molar-refractivity contribution in [3.8, 4) is 0 Å². The number of hydrogen-bond donors (Lipinski definition) is 2. The number of hydrogen-bond acceptors (Lipinski definition) is 8. The van der Waals surface area contributed by atoms with Gasteiger partial charge in [-0.2, -0.15) is 10.2 Å². The number of thiazole rings is 1. The zero-order valence-electron chi connectivity index (χ0n) is 15.4. The fraction of sp³-hybridized carbons (Fsp3) is 0.176. The van der Waals surface area contributed by atoms with Gasteiger partial charge in [-0.3, -0.25) is 14.7 Å². The summed E-state index contributed by atoms with van der Waals surface area (Å²) in [4.78, 5) is 32.9. The van der Waals surface area contributed by atoms with Gasteiger partial charge in [-0.15, -0.1) is 11.3 Å². The summed E-state index contributed by atoms with van der Waals surface area (Å²) in [5, 5.41) is 11.8. The van der Waals surface area contributed by atoms with Gasteiger partial charge < -0.3 is 14.7 Å². The summed E-state index contributed by atoms with van der Waals surface area (Å²) in [6, 6.07) is 0. The molecular weight excluding hydrogens is 415 g/mol. The van der Waals surface area contributed by atoms with E-state index in [-0.39, 0.29) is 30.0 Å². The van der Waals surface area contributed by atoms with Gasteiger partial charge in [-0.05, 0) is 0 Å². The quantitative estimate of drug-likeness (QED) is 0.423. The van der Waals surface area contributed by atoms with Crippen molar-refractivity contribution in [1.29, 1.82) is 0 Å². The van der Waals surface area contributed by atoms with E-state index >= 15 is 0 Å². The highest BCUT2D eigenvalue weighted by Crippen LogP contribution is 2.31. The van der Waals surface area contributed by atoms with Crippen LogP contribution in [0.3, 0.4) is 0 Å². The maximum atomic E-state index is 13.7. The van der Waals surface area contributed by atoms with E-state index in [1.165, 1.54) is 16.0 Å². The van der Waals surface area contributed by atoms with Crippen LogP contribution in [-0.4, -0.2) is 40.4 Å². The third-order valence-corrected chi connectivity index (χ3v) is 5.81. The Morgan fingerprint density at radius 1 is 1.40 bits per heavy atom. The van der Waals surface area contributed by atoms with Gasteiger partial charge in [0, 0.05) is 18.9 Å². The number of rotatable bonds is 5. The largest absolute Gasteiger partial charge is 0.438 e. The first-order valence-corrected chi connectivity index (χ1v) is 9.49. The van der Waals surface area contributed by atoms with E-state index in [1.54, 1.807) is 17.8 Å². The number of aryl methyl sites for hydroxylation is 1. The standard InChI is InChI=1S/C17H13FN8O3S/c1-25-12-7(14-16(25)23-11(30-14)2-9-8(18)4-21-24-9)3-22-26(17(12)28)5-10-13(15(19)27)29-6-20-10/h3-4,6H,2,5H2,1H3,(H2,19,27)(H,21,24). The molecule has 30 heavy (non-hydrogen) atoms. The minimum atomic E-state index is -0.776. The van der Waals surface area contributed by atoms with Crippen molar-refractivity contribution in [1.82, 2.24) is 34.5 Å². The first-order valence-electron chi connectivity index (χ1n) is 8.68. The van der Waals surface area contributed by atoms with Crippen LogP contribution in [0.2, 0.25) is 0 Å². The molecule has 3 N–H and O–H groups in total. The van der Waals surface area contributed by atoms with E-state index in [9.17, 15) is 14.0 Å². The molecule has 0 radical (unpaired) electrons. The summed E-state index contributed by atoms with van der Waals surface area (Å²) in [5.74, 6) is -1.32. The third kappa shape index (κ3) is 2.70. The Kier molecular flexibility index (Phi) is 3.99. The highest BCUT2D eigenvalue weighted by molar-refractivity contribution is 7.19. The Hall–Kier alpha value is -3.87. The predicted octanol–water partition coefficient (Wildman–Crippen LogP) is 0.933. The van der Waals surface area contributed by atoms with E-state index in [0.29, 0.717) is 27.3 Å². The summed E-state index contributed by atoms with van der Waals surface area (Å²) in [5.41, 5.74) is 6.44. The molecule has 5 aromatic rings. The molecule has 5 aromatic heterocycles. The topological polar surface area (TPSA) is 151 Å². The van der Waals surface area contributed by atoms with E-state index in [1.807, 2.05) is 0 Å². The van der Waals surface area contributed by atoms with Crippen molar-refractivity contribution >= 4 is 38.5 Å². The molecule has 152 valence electrons. The SMILES string of the molecule is Cn1c2nc(Cc3[nH]ncc3F)sc2c2cnn(Cc3ncoc3C(N)=O)c(=O)c21. The monoisotopic (exact) mass is 428 g/mol. The average Bonchev–Trinajstić information content (AvgIpc) is 3.46. The number of amides is 1. The zero-order chi connectivity index (χ0) is 21.0. The van der Waals surface area contributed by atoms with Crippen molar-refractivity contribution in [2.75, 3.05) is 0 Å². The van der Waals surface area contributed by atoms with Gasteiger partial charge in [0.15, 0.2) is 17.9 Å². The Balaban J connectivity index is 1.58. The second-order valence-electron chi connectivity index (χ2n) is 6.55. The zero-order valence-corrected chi connectivity index (χ0v) is 16.2. The molecule has 0 aliphatic heterocycles. The van der Waals surface area contributed by atoms with Crippen molar-refractivity contribution in [3.63, 3.8) is 0 Å². The summed E-state index contributed by atoms with van der Waals surface area (Å²) >= 11 is 1.36. The van der Waals surface area contributed by atoms with Gasteiger partial charge in [0.25, 0.3) is 11.5 Å². The Morgan fingerprint density at radius 3 is 2.97 bits per heavy atom. The Labute approximate surface area is 170 Å². The maximum absolute atomic E-state index is 13.7. The molecule has 0 aliphatic carbocycles. The van der Waals surface area contributed by atoms with Crippen LogP contribution < -0.4 is 11.3 Å². The molecule has 0 saturated heterocycles. The van der Waals surface area contributed by atoms with Gasteiger partial charge in [-0.25, -0.2) is 19.0 Å². The molecule has 1 amide bonds. The lowest BCUT2D eigenvalue weighted by Crippen LogP contribution is -2.26. The highest BCUT2D eigenvalue weighted by atomic mass is 32.1. The fourth-order valence-electron chi connectivity index (χ4n) is 3.32. The molecule has 0 fully saturated rings. The van der Waals surface area contributed by atoms with Gasteiger partial charge in [0.2, 0.25) is 5.76 Å². The molecular formula is C17H13FN8O3S. The third-order valence-electron chi connectivity index (χ3n) is 4.73. The second-order valence-corrected chi connectivity index (χ2v) is 7.64. The summed E-state index contributed by atoms with van der Waals surface area (Å²) < 4.78 is 22.3. The molecule has 0 aliphatic rings. The molecule has 0 saturated carbocycles. The van der Waals surface area contributed by atoms with E-state index < -0.39 is 11.7 Å². The fourth-order valence-corrected chi connectivity index (χ4v) is 4.44. The molecule has 0 spiro atoms. The van der Waals surface area contributed by atoms with Crippen LogP contribution in [0.25, 0.3) is 21.3 Å². The number of fused-ring (bicyclic) bond motifs is 3. The predicted molar refractivity (Wildman–Crippen MR) is 104 cm³/mol. The number of carbonyl (C=O) groups is 1. The van der Waals surface area contributed by atoms with Crippen LogP contribution in [-0.2, 0) is 20.0 Å². The molecule has 5 heterocycles. The summed E-state index contributed by atoms with van der Waals surface area (Å²) in [7, 11) is 1.72. The lowest BCUT2D eigenvalue weighted by atomic mass is 10.3. The number of aromatic nitrogens is 7. The van der Waals surface area contributed by atoms with Gasteiger partial charge in [-0.1, -0.05) is 0 Å². The van der Waals surface area contributed by atoms with E-state index in [0.717, 1.165) is 17.3 Å². The smallest absolute Gasteiger partial charge is 0.291 e. The van der Waals surface area contributed by atoms with Crippen LogP contribution in [0.5, 0.6) is 0 Å². The van der Waals surface area contributed by atoms with Crippen molar-refractivity contribution in [2.45, 2.75) is 13.0 Å². The first-order chi connectivity index (χ1) is 14.4. The number of aromatic amines is 1. The number of oxazole rings is 1. The molecule has 0 atom stereocenters. The van der Waals surface area contributed by atoms with Gasteiger partial charge in [0.1, 0.15) is 16.2 Å². The first kappa shape index (κ1) is 18.2. The second kappa shape index (κ2) is 6.59. The average molecular weight is 428 g/mol. The van der Waals surface area contributed by atoms with Crippen LogP contribution in [0.1, 0.15) is 27.0 Å². The van der Waals surface area contributed by atoms with Gasteiger partial charge >= 0.3 is 0 Å². The maximum Gasteiger partial charge on any atom is 0.291 e. The number of halogens is 1. The molecule has 0 unspecified atom stereocenters. The summed E-state index contributed by atoms with van der Waals surface area (Å²) in [6.07, 6.45) is 4.02. The number of nitrogens with two attached hydrogens (primary N) is 1. The number of nitrogens with one attached hydrogen (secondary N) is 1. The van der Waals surface area contributed by atoms with E-state index in [4.69, 9.17) is 10.2 Å². The number of primary amides is 1. The van der Waals surface area contributed by atoms with Crippen LogP contribution in [0.4, 0.5) is 4.39 Å². The van der Waals surface area contributed by atoms with Crippen LogP contribution in [0, 0.1) is 5.82 Å². The Morgan fingerprint density at radius 2 is 2.23 bits per heavy atom. The van der Waals surface area contributed by atoms with Crippen molar-refractivity contribution < 1.29 is 13.6 Å². The molecule has 11 nitrogen and oxygen atoms in total. The lowest BCUT2D eigenvalue weighted by Gasteiger charge is -2.04. The molecule has 0 bridgehead atoms. The van der Waals surface area contributed by atoms with Gasteiger partial charge in [0.05, 0.1) is 29.3 Å². The van der Waals surface area contributed by atoms with Crippen molar-refractivity contribution in [3.05, 3.63) is 57.1 Å².